The third kappa shape index (κ3) is 11.4. The molecule has 0 aliphatic heterocycles. The summed E-state index contributed by atoms with van der Waals surface area (Å²) in [6.07, 6.45) is 1.86. The fourth-order valence-electron chi connectivity index (χ4n) is 0.263. The van der Waals surface area contributed by atoms with E-state index in [1.807, 2.05) is 0 Å². The number of carbonyl (C=O) groups excluding carboxylic acids is 1. The van der Waals surface area contributed by atoms with Crippen LogP contribution in [0.25, 0.3) is 0 Å². The average molecular weight is 323 g/mol. The predicted octanol–water partition coefficient (Wildman–Crippen LogP) is -1.77. The van der Waals surface area contributed by atoms with Crippen molar-refractivity contribution >= 4 is 36.6 Å². The molecule has 13 heteroatoms. The van der Waals surface area contributed by atoms with E-state index in [4.69, 9.17) is 0 Å². The van der Waals surface area contributed by atoms with Gasteiger partial charge in [-0.1, -0.05) is 4.36 Å². The summed E-state index contributed by atoms with van der Waals surface area (Å²) in [6.45, 7) is 0. The molecule has 0 saturated carbocycles. The molecule has 2 amide bonds. The molecule has 10 nitrogen and oxygen atoms in total. The van der Waals surface area contributed by atoms with Gasteiger partial charge in [0.05, 0.1) is 12.5 Å². The first kappa shape index (κ1) is 19.3. The molecule has 0 aliphatic carbocycles. The molecular weight excluding hydrogens is 310 g/mol. The summed E-state index contributed by atoms with van der Waals surface area (Å²) < 4.78 is 65.4. The lowest BCUT2D eigenvalue weighted by atomic mass is 11.0. The Bertz CT molecular complexity index is 607. The Labute approximate surface area is 107 Å². The zero-order valence-corrected chi connectivity index (χ0v) is 12.4. The van der Waals surface area contributed by atoms with E-state index < -0.39 is 36.6 Å². The molecule has 108 valence electrons. The maximum atomic E-state index is 10.6. The van der Waals surface area contributed by atoms with E-state index in [1.165, 1.54) is 7.05 Å². The highest BCUT2D eigenvalue weighted by molar-refractivity contribution is 7.89. The summed E-state index contributed by atoms with van der Waals surface area (Å²) in [4.78, 5) is 10.6. The molecule has 0 aromatic rings. The first-order valence-electron chi connectivity index (χ1n) is 3.98. The van der Waals surface area contributed by atoms with Gasteiger partial charge in [-0.2, -0.15) is 8.42 Å². The molecule has 1 N–H and O–H groups in total. The van der Waals surface area contributed by atoms with Crippen molar-refractivity contribution in [2.45, 2.75) is 0 Å². The highest BCUT2D eigenvalue weighted by Crippen LogP contribution is 1.95. The van der Waals surface area contributed by atoms with Crippen LogP contribution in [0.2, 0.25) is 0 Å². The molecule has 0 aliphatic rings. The van der Waals surface area contributed by atoms with Crippen LogP contribution in [0, 0.1) is 0 Å². The Kier molecular flexibility index (Phi) is 7.93. The molecule has 0 rings (SSSR count). The van der Waals surface area contributed by atoms with Crippen molar-refractivity contribution in [2.24, 2.45) is 4.36 Å². The highest BCUT2D eigenvalue weighted by Gasteiger charge is 2.17. The van der Waals surface area contributed by atoms with E-state index in [-0.39, 0.29) is 4.31 Å². The fourth-order valence-corrected chi connectivity index (χ4v) is 0.889. The Morgan fingerprint density at radius 2 is 1.50 bits per heavy atom. The maximum Gasteiger partial charge on any atom is 0.371 e. The molecule has 0 atom stereocenters. The van der Waals surface area contributed by atoms with Gasteiger partial charge >= 0.3 is 16.5 Å². The highest BCUT2D eigenvalue weighted by atomic mass is 32.2. The first-order valence-corrected chi connectivity index (χ1v) is 8.76. The van der Waals surface area contributed by atoms with E-state index in [1.54, 1.807) is 0 Å². The molecule has 0 bridgehead atoms. The lowest BCUT2D eigenvalue weighted by Gasteiger charge is -2.08. The van der Waals surface area contributed by atoms with Crippen molar-refractivity contribution in [1.82, 2.24) is 9.03 Å². The maximum absolute atomic E-state index is 10.6. The second-order valence-electron chi connectivity index (χ2n) is 2.80. The van der Waals surface area contributed by atoms with Crippen LogP contribution in [-0.4, -0.2) is 62.2 Å². The van der Waals surface area contributed by atoms with E-state index >= 15 is 0 Å². The van der Waals surface area contributed by atoms with Gasteiger partial charge in [-0.05, 0) is 7.05 Å². The number of urea groups is 1. The van der Waals surface area contributed by atoms with Gasteiger partial charge in [0, 0.05) is 7.05 Å². The minimum absolute atomic E-state index is 0.225. The van der Waals surface area contributed by atoms with Crippen LogP contribution in [0.5, 0.6) is 0 Å². The third-order valence-electron chi connectivity index (χ3n) is 1.29. The van der Waals surface area contributed by atoms with Gasteiger partial charge in [0.1, 0.15) is 0 Å². The first-order chi connectivity index (χ1) is 7.81. The lowest BCUT2D eigenvalue weighted by molar-refractivity contribution is 0.238. The smallest absolute Gasteiger partial charge is 0.244 e. The zero-order chi connectivity index (χ0) is 15.1. The number of nitrogens with one attached hydrogen (secondary N) is 1. The van der Waals surface area contributed by atoms with Crippen molar-refractivity contribution in [3.05, 3.63) is 0 Å². The number of hydrogen-bond acceptors (Lipinski definition) is 7. The van der Waals surface area contributed by atoms with Crippen molar-refractivity contribution in [3.63, 3.8) is 0 Å². The second kappa shape index (κ2) is 7.40. The number of rotatable bonds is 2. The Morgan fingerprint density at radius 3 is 1.67 bits per heavy atom. The molecule has 0 aromatic carbocycles. The molecule has 0 unspecified atom stereocenters. The molecular formula is C5H13N3O7S3. The normalized spacial score (nSPS) is 10.9. The van der Waals surface area contributed by atoms with E-state index in [2.05, 4.69) is 9.08 Å². The Balaban J connectivity index is 0. The number of sulfonamides is 2. The van der Waals surface area contributed by atoms with Crippen LogP contribution in [0.1, 0.15) is 0 Å². The van der Waals surface area contributed by atoms with E-state index in [0.29, 0.717) is 0 Å². The van der Waals surface area contributed by atoms with Gasteiger partial charge < -0.3 is 0 Å². The van der Waals surface area contributed by atoms with Gasteiger partial charge in [0.25, 0.3) is 0 Å². The summed E-state index contributed by atoms with van der Waals surface area (Å²) in [5, 5.41) is 0. The van der Waals surface area contributed by atoms with E-state index in [0.717, 1.165) is 19.6 Å². The largest absolute Gasteiger partial charge is 0.371 e. The number of amides is 2. The minimum atomic E-state index is -3.73. The average Bonchev–Trinajstić information content (AvgIpc) is 2.14. The van der Waals surface area contributed by atoms with Crippen LogP contribution >= 0.6 is 0 Å². The number of nitrogens with zero attached hydrogens (tertiary/aromatic N) is 2. The van der Waals surface area contributed by atoms with Crippen LogP contribution in [-0.2, 0) is 30.5 Å². The third-order valence-corrected chi connectivity index (χ3v) is 3.49. The Hall–Kier alpha value is -1.05. The second-order valence-corrected chi connectivity index (χ2v) is 7.38. The fraction of sp³-hybridized carbons (Fsp3) is 0.800. The molecule has 0 aromatic heterocycles. The van der Waals surface area contributed by atoms with Gasteiger partial charge in [-0.15, -0.1) is 0 Å². The zero-order valence-electron chi connectivity index (χ0n) is 9.98. The van der Waals surface area contributed by atoms with Gasteiger partial charge in [-0.25, -0.2) is 30.7 Å². The lowest BCUT2D eigenvalue weighted by Crippen LogP contribution is -2.29. The standard InChI is InChI=1S/C3H6N2O5S2.C2H7NO2S/c1-5(12(2,9)10)3(6)4-11(7)8;1-3-6(2,4)5/h1-2H3;3H,1-2H3. The van der Waals surface area contributed by atoms with Gasteiger partial charge in [0.15, 0.2) is 0 Å². The summed E-state index contributed by atoms with van der Waals surface area (Å²) in [6, 6.07) is -1.34. The summed E-state index contributed by atoms with van der Waals surface area (Å²) in [7, 11) is -7.29. The van der Waals surface area contributed by atoms with Gasteiger partial charge in [0.2, 0.25) is 20.0 Å². The van der Waals surface area contributed by atoms with E-state index in [9.17, 15) is 30.0 Å². The summed E-state index contributed by atoms with van der Waals surface area (Å²) in [5.74, 6) is 0. The SMILES string of the molecule is CN(C(=O)N=S(=O)=O)S(C)(=O)=O.CNS(C)(=O)=O. The predicted molar refractivity (Wildman–Crippen MR) is 63.3 cm³/mol. The quantitative estimate of drug-likeness (QED) is 0.632. The topological polar surface area (TPSA) is 147 Å². The Morgan fingerprint density at radius 1 is 1.17 bits per heavy atom. The molecule has 0 fully saturated rings. The van der Waals surface area contributed by atoms with Crippen LogP contribution in [0.3, 0.4) is 0 Å². The molecule has 18 heavy (non-hydrogen) atoms. The molecule has 0 saturated heterocycles. The molecule has 0 radical (unpaired) electrons. The summed E-state index contributed by atoms with van der Waals surface area (Å²) >= 11 is 0. The van der Waals surface area contributed by atoms with Crippen LogP contribution < -0.4 is 4.72 Å². The van der Waals surface area contributed by atoms with Crippen molar-refractivity contribution < 1.29 is 30.0 Å². The van der Waals surface area contributed by atoms with Crippen molar-refractivity contribution in [1.29, 1.82) is 0 Å². The van der Waals surface area contributed by atoms with Crippen LogP contribution in [0.15, 0.2) is 4.36 Å². The minimum Gasteiger partial charge on any atom is -0.244 e. The molecule has 0 heterocycles. The summed E-state index contributed by atoms with van der Waals surface area (Å²) in [5.41, 5.74) is 0. The van der Waals surface area contributed by atoms with Crippen molar-refractivity contribution in [2.75, 3.05) is 26.6 Å². The van der Waals surface area contributed by atoms with Crippen LogP contribution in [0.4, 0.5) is 4.79 Å². The number of carbonyl (C=O) groups is 1. The molecule has 0 spiro atoms. The van der Waals surface area contributed by atoms with Crippen molar-refractivity contribution in [3.8, 4) is 0 Å². The number of hydrogen-bond donors (Lipinski definition) is 1. The monoisotopic (exact) mass is 323 g/mol. The van der Waals surface area contributed by atoms with Gasteiger partial charge in [-0.3, -0.25) is 0 Å².